The maximum Gasteiger partial charge on any atom is 0.326 e. The Balaban J connectivity index is 2.63. The number of ether oxygens (including phenoxy) is 1. The molecule has 0 bridgehead atoms. The number of urea groups is 1. The zero-order valence-electron chi connectivity index (χ0n) is 12.6. The molecule has 0 saturated heterocycles. The summed E-state index contributed by atoms with van der Waals surface area (Å²) in [6, 6.07) is 5.48. The van der Waals surface area contributed by atoms with Gasteiger partial charge < -0.3 is 20.5 Å². The van der Waals surface area contributed by atoms with Crippen LogP contribution >= 0.6 is 0 Å². The van der Waals surface area contributed by atoms with Crippen molar-refractivity contribution >= 4 is 17.7 Å². The molecule has 0 heterocycles. The van der Waals surface area contributed by atoms with E-state index in [1.807, 2.05) is 20.8 Å². The van der Waals surface area contributed by atoms with Crippen molar-refractivity contribution < 1.29 is 19.4 Å². The first-order valence-electron chi connectivity index (χ1n) is 6.95. The van der Waals surface area contributed by atoms with Crippen LogP contribution in [0.3, 0.4) is 0 Å². The molecule has 0 radical (unpaired) electrons. The van der Waals surface area contributed by atoms with Gasteiger partial charge in [-0.25, -0.2) is 9.59 Å². The van der Waals surface area contributed by atoms with Crippen LogP contribution in [0.2, 0.25) is 0 Å². The summed E-state index contributed by atoms with van der Waals surface area (Å²) < 4.78 is 5.33. The highest BCUT2D eigenvalue weighted by atomic mass is 16.5. The first-order chi connectivity index (χ1) is 9.92. The summed E-state index contributed by atoms with van der Waals surface area (Å²) in [6.07, 6.45) is 0.377. The Morgan fingerprint density at radius 3 is 2.62 bits per heavy atom. The third-order valence-corrected chi connectivity index (χ3v) is 2.71. The summed E-state index contributed by atoms with van der Waals surface area (Å²) in [6.45, 7) is 6.21. The Bertz CT molecular complexity index is 488. The number of benzene rings is 1. The van der Waals surface area contributed by atoms with E-state index in [2.05, 4.69) is 10.6 Å². The third-order valence-electron chi connectivity index (χ3n) is 2.71. The fourth-order valence-corrected chi connectivity index (χ4v) is 1.85. The van der Waals surface area contributed by atoms with Crippen molar-refractivity contribution in [2.75, 3.05) is 11.9 Å². The van der Waals surface area contributed by atoms with Gasteiger partial charge in [-0.3, -0.25) is 0 Å². The lowest BCUT2D eigenvalue weighted by Crippen LogP contribution is -2.43. The highest BCUT2D eigenvalue weighted by molar-refractivity contribution is 5.92. The van der Waals surface area contributed by atoms with E-state index in [1.54, 1.807) is 24.3 Å². The van der Waals surface area contributed by atoms with Crippen LogP contribution in [0.25, 0.3) is 0 Å². The summed E-state index contributed by atoms with van der Waals surface area (Å²) in [7, 11) is 0. The number of hydrogen-bond acceptors (Lipinski definition) is 3. The van der Waals surface area contributed by atoms with Crippen LogP contribution in [0.15, 0.2) is 24.3 Å². The van der Waals surface area contributed by atoms with Gasteiger partial charge >= 0.3 is 12.0 Å². The Labute approximate surface area is 124 Å². The number of amides is 2. The van der Waals surface area contributed by atoms with Crippen LogP contribution in [0.1, 0.15) is 27.2 Å². The second-order valence-electron chi connectivity index (χ2n) is 5.08. The molecule has 0 aliphatic rings. The fraction of sp³-hybridized carbons (Fsp3) is 0.467. The highest BCUT2D eigenvalue weighted by Crippen LogP contribution is 2.17. The van der Waals surface area contributed by atoms with Crippen LogP contribution in [0.4, 0.5) is 10.5 Å². The van der Waals surface area contributed by atoms with Crippen LogP contribution in [-0.2, 0) is 4.79 Å². The monoisotopic (exact) mass is 294 g/mol. The molecule has 3 N–H and O–H groups in total. The van der Waals surface area contributed by atoms with Crippen molar-refractivity contribution in [3.63, 3.8) is 0 Å². The summed E-state index contributed by atoms with van der Waals surface area (Å²) >= 11 is 0. The molecule has 116 valence electrons. The second-order valence-corrected chi connectivity index (χ2v) is 5.08. The minimum absolute atomic E-state index is 0.174. The molecule has 1 aromatic carbocycles. The van der Waals surface area contributed by atoms with Crippen molar-refractivity contribution in [1.29, 1.82) is 0 Å². The Morgan fingerprint density at radius 2 is 2.05 bits per heavy atom. The van der Waals surface area contributed by atoms with Gasteiger partial charge in [0.05, 0.1) is 6.61 Å². The lowest BCUT2D eigenvalue weighted by Gasteiger charge is -2.17. The van der Waals surface area contributed by atoms with E-state index in [0.29, 0.717) is 24.5 Å². The number of carboxylic acids is 1. The normalized spacial score (nSPS) is 11.8. The molecule has 0 fully saturated rings. The smallest absolute Gasteiger partial charge is 0.326 e. The summed E-state index contributed by atoms with van der Waals surface area (Å²) in [4.78, 5) is 23.0. The predicted molar refractivity (Wildman–Crippen MR) is 80.6 cm³/mol. The molecule has 1 atom stereocenters. The van der Waals surface area contributed by atoms with Gasteiger partial charge in [0, 0.05) is 11.8 Å². The summed E-state index contributed by atoms with van der Waals surface area (Å²) in [5.74, 6) is -0.220. The van der Waals surface area contributed by atoms with Gasteiger partial charge in [-0.1, -0.05) is 19.9 Å². The molecule has 0 aliphatic carbocycles. The van der Waals surface area contributed by atoms with E-state index in [4.69, 9.17) is 9.84 Å². The van der Waals surface area contributed by atoms with Crippen molar-refractivity contribution in [3.8, 4) is 5.75 Å². The van der Waals surface area contributed by atoms with E-state index in [-0.39, 0.29) is 5.92 Å². The molecule has 1 unspecified atom stereocenters. The third kappa shape index (κ3) is 6.16. The van der Waals surface area contributed by atoms with Gasteiger partial charge in [0.2, 0.25) is 0 Å². The van der Waals surface area contributed by atoms with E-state index in [9.17, 15) is 9.59 Å². The minimum atomic E-state index is -1.04. The molecular weight excluding hydrogens is 272 g/mol. The summed E-state index contributed by atoms with van der Waals surface area (Å²) in [5, 5.41) is 14.2. The SMILES string of the molecule is CCOc1cccc(NC(=O)NC(CC(C)C)C(=O)O)c1. The predicted octanol–water partition coefficient (Wildman–Crippen LogP) is 2.71. The van der Waals surface area contributed by atoms with Gasteiger partial charge in [0.1, 0.15) is 11.8 Å². The van der Waals surface area contributed by atoms with Crippen LogP contribution < -0.4 is 15.4 Å². The van der Waals surface area contributed by atoms with E-state index < -0.39 is 18.0 Å². The highest BCUT2D eigenvalue weighted by Gasteiger charge is 2.21. The van der Waals surface area contributed by atoms with Gasteiger partial charge in [-0.2, -0.15) is 0 Å². The van der Waals surface area contributed by atoms with Crippen molar-refractivity contribution in [2.24, 2.45) is 5.92 Å². The molecular formula is C15H22N2O4. The van der Waals surface area contributed by atoms with Crippen molar-refractivity contribution in [1.82, 2.24) is 5.32 Å². The zero-order chi connectivity index (χ0) is 15.8. The molecule has 0 aliphatic heterocycles. The Kier molecular flexibility index (Phi) is 6.52. The van der Waals surface area contributed by atoms with Gasteiger partial charge in [-0.15, -0.1) is 0 Å². The minimum Gasteiger partial charge on any atom is -0.494 e. The Morgan fingerprint density at radius 1 is 1.33 bits per heavy atom. The fourth-order valence-electron chi connectivity index (χ4n) is 1.85. The molecule has 0 saturated carbocycles. The lowest BCUT2D eigenvalue weighted by atomic mass is 10.0. The van der Waals surface area contributed by atoms with Crippen LogP contribution in [-0.4, -0.2) is 29.8 Å². The maximum atomic E-state index is 11.9. The molecule has 0 aromatic heterocycles. The number of rotatable bonds is 7. The van der Waals surface area contributed by atoms with Crippen LogP contribution in [0, 0.1) is 5.92 Å². The van der Waals surface area contributed by atoms with Gasteiger partial charge in [0.15, 0.2) is 0 Å². The molecule has 6 heteroatoms. The molecule has 21 heavy (non-hydrogen) atoms. The second kappa shape index (κ2) is 8.14. The number of anilines is 1. The quantitative estimate of drug-likeness (QED) is 0.721. The number of carbonyl (C=O) groups excluding carboxylic acids is 1. The van der Waals surface area contributed by atoms with Crippen molar-refractivity contribution in [2.45, 2.75) is 33.2 Å². The standard InChI is InChI=1S/C15H22N2O4/c1-4-21-12-7-5-6-11(9-12)16-15(20)17-13(14(18)19)8-10(2)3/h5-7,9-10,13H,4,8H2,1-3H3,(H,18,19)(H2,16,17,20). The maximum absolute atomic E-state index is 11.9. The number of carbonyl (C=O) groups is 2. The molecule has 0 spiro atoms. The number of nitrogens with one attached hydrogen (secondary N) is 2. The largest absolute Gasteiger partial charge is 0.494 e. The van der Waals surface area contributed by atoms with Crippen molar-refractivity contribution in [3.05, 3.63) is 24.3 Å². The van der Waals surface area contributed by atoms with E-state index in [0.717, 1.165) is 0 Å². The zero-order valence-corrected chi connectivity index (χ0v) is 12.6. The first-order valence-corrected chi connectivity index (χ1v) is 6.95. The van der Waals surface area contributed by atoms with E-state index >= 15 is 0 Å². The molecule has 1 aromatic rings. The number of hydrogen-bond donors (Lipinski definition) is 3. The average Bonchev–Trinajstić information content (AvgIpc) is 2.38. The number of aliphatic carboxylic acids is 1. The number of carboxylic acid groups (broad SMARTS) is 1. The molecule has 1 rings (SSSR count). The Hall–Kier alpha value is -2.24. The first kappa shape index (κ1) is 16.8. The molecule has 2 amide bonds. The van der Waals surface area contributed by atoms with Crippen LogP contribution in [0.5, 0.6) is 5.75 Å². The van der Waals surface area contributed by atoms with Gasteiger partial charge in [-0.05, 0) is 31.4 Å². The lowest BCUT2D eigenvalue weighted by molar-refractivity contribution is -0.139. The molecule has 6 nitrogen and oxygen atoms in total. The summed E-state index contributed by atoms with van der Waals surface area (Å²) in [5.41, 5.74) is 0.548. The average molecular weight is 294 g/mol. The van der Waals surface area contributed by atoms with Gasteiger partial charge in [0.25, 0.3) is 0 Å². The van der Waals surface area contributed by atoms with E-state index in [1.165, 1.54) is 0 Å². The topological polar surface area (TPSA) is 87.7 Å².